The molecule has 1 atom stereocenters. The fraction of sp³-hybridized carbons (Fsp3) is 0.250. The summed E-state index contributed by atoms with van der Waals surface area (Å²) in [5.74, 6) is -0.442. The average Bonchev–Trinajstić information content (AvgIpc) is 2.67. The maximum Gasteiger partial charge on any atom is 0.393 e. The van der Waals surface area contributed by atoms with Crippen molar-refractivity contribution in [1.29, 1.82) is 5.26 Å². The molecule has 0 saturated heterocycles. The summed E-state index contributed by atoms with van der Waals surface area (Å²) < 4.78 is 38.3. The van der Waals surface area contributed by atoms with Gasteiger partial charge in [0.2, 0.25) is 5.91 Å². The molecule has 152 valence electrons. The van der Waals surface area contributed by atoms with Crippen molar-refractivity contribution in [2.24, 2.45) is 0 Å². The van der Waals surface area contributed by atoms with Crippen LogP contribution in [-0.2, 0) is 17.6 Å². The van der Waals surface area contributed by atoms with Crippen LogP contribution in [0.4, 0.5) is 18.9 Å². The molecule has 29 heavy (non-hydrogen) atoms. The largest absolute Gasteiger partial charge is 0.393 e. The monoisotopic (exact) mass is 420 g/mol. The van der Waals surface area contributed by atoms with Gasteiger partial charge in [-0.3, -0.25) is 4.79 Å². The molecule has 0 aliphatic heterocycles. The minimum Gasteiger partial charge on any atom is -0.350 e. The molecule has 0 fully saturated rings. The first kappa shape index (κ1) is 22.2. The molecule has 3 N–H and O–H groups in total. The highest BCUT2D eigenvalue weighted by atomic mass is 32.1. The summed E-state index contributed by atoms with van der Waals surface area (Å²) in [5.41, 5.74) is 1.10. The van der Waals surface area contributed by atoms with Gasteiger partial charge in [0.15, 0.2) is 5.11 Å². The zero-order chi connectivity index (χ0) is 21.3. The molecule has 0 heterocycles. The van der Waals surface area contributed by atoms with Crippen molar-refractivity contribution in [3.8, 4) is 6.07 Å². The average molecular weight is 420 g/mol. The number of halogens is 3. The van der Waals surface area contributed by atoms with E-state index in [2.05, 4.69) is 16.0 Å². The van der Waals surface area contributed by atoms with Crippen LogP contribution >= 0.6 is 12.2 Å². The highest BCUT2D eigenvalue weighted by Gasteiger charge is 2.29. The Kier molecular flexibility index (Phi) is 7.98. The second-order valence-corrected chi connectivity index (χ2v) is 6.57. The third kappa shape index (κ3) is 7.79. The number of hydrogen-bond donors (Lipinski definition) is 3. The van der Waals surface area contributed by atoms with E-state index in [1.807, 2.05) is 36.4 Å². The molecule has 0 aromatic heterocycles. The van der Waals surface area contributed by atoms with E-state index < -0.39 is 24.5 Å². The van der Waals surface area contributed by atoms with Crippen molar-refractivity contribution in [2.75, 3.05) is 11.9 Å². The molecule has 0 saturated carbocycles. The number of nitrogens with zero attached hydrogens (tertiary/aromatic N) is 1. The Labute approximate surface area is 171 Å². The zero-order valence-electron chi connectivity index (χ0n) is 15.3. The Morgan fingerprint density at radius 2 is 1.76 bits per heavy atom. The number of benzene rings is 2. The van der Waals surface area contributed by atoms with Gasteiger partial charge in [-0.05, 0) is 29.4 Å². The van der Waals surface area contributed by atoms with E-state index in [1.54, 1.807) is 6.07 Å². The summed E-state index contributed by atoms with van der Waals surface area (Å²) in [6.07, 6.45) is -5.18. The number of nitriles is 1. The number of thiocarbonyl (C=S) groups is 1. The first-order valence-corrected chi connectivity index (χ1v) is 9.10. The molecule has 9 heteroatoms. The third-order valence-electron chi connectivity index (χ3n) is 3.90. The van der Waals surface area contributed by atoms with E-state index in [-0.39, 0.29) is 29.3 Å². The lowest BCUT2D eigenvalue weighted by Crippen LogP contribution is -2.49. The molecule has 0 aliphatic carbocycles. The topological polar surface area (TPSA) is 77.0 Å². The number of amides is 1. The second kappa shape index (κ2) is 10.4. The van der Waals surface area contributed by atoms with Crippen LogP contribution < -0.4 is 16.0 Å². The predicted octanol–water partition coefficient (Wildman–Crippen LogP) is 3.33. The van der Waals surface area contributed by atoms with Crippen molar-refractivity contribution in [3.63, 3.8) is 0 Å². The van der Waals surface area contributed by atoms with E-state index in [0.717, 1.165) is 5.56 Å². The van der Waals surface area contributed by atoms with Gasteiger partial charge in [0.05, 0.1) is 12.5 Å². The van der Waals surface area contributed by atoms with E-state index in [9.17, 15) is 18.0 Å². The van der Waals surface area contributed by atoms with Gasteiger partial charge in [-0.25, -0.2) is 0 Å². The molecule has 1 amide bonds. The number of rotatable bonds is 7. The summed E-state index contributed by atoms with van der Waals surface area (Å²) in [7, 11) is 0. The fourth-order valence-corrected chi connectivity index (χ4v) is 2.89. The molecule has 0 aliphatic rings. The minimum atomic E-state index is -4.36. The lowest BCUT2D eigenvalue weighted by Gasteiger charge is -2.21. The quantitative estimate of drug-likeness (QED) is 0.473. The summed E-state index contributed by atoms with van der Waals surface area (Å²) >= 11 is 5.21. The van der Waals surface area contributed by atoms with Gasteiger partial charge in [-0.1, -0.05) is 48.5 Å². The summed E-state index contributed by atoms with van der Waals surface area (Å²) in [6, 6.07) is 16.1. The number of hydrogen-bond acceptors (Lipinski definition) is 3. The van der Waals surface area contributed by atoms with E-state index in [1.165, 1.54) is 18.2 Å². The molecule has 2 aromatic rings. The van der Waals surface area contributed by atoms with Crippen LogP contribution in [0.15, 0.2) is 54.6 Å². The van der Waals surface area contributed by atoms with Crippen molar-refractivity contribution in [3.05, 3.63) is 65.7 Å². The van der Waals surface area contributed by atoms with Gasteiger partial charge >= 0.3 is 6.18 Å². The first-order chi connectivity index (χ1) is 13.8. The van der Waals surface area contributed by atoms with E-state index in [0.29, 0.717) is 0 Å². The van der Waals surface area contributed by atoms with Crippen LogP contribution in [0.1, 0.15) is 11.1 Å². The maximum atomic E-state index is 12.8. The standard InChI is InChI=1S/C20H19F3N4OS/c21-20(22,23)13-15-8-4-5-9-16(15)26-19(29)27-17(18(28)25-11-10-24)12-14-6-2-1-3-7-14/h1-9,17H,11-13H2,(H,25,28)(H2,26,27,29). The Hall–Kier alpha value is -3.12. The number of anilines is 1. The maximum absolute atomic E-state index is 12.8. The van der Waals surface area contributed by atoms with E-state index in [4.69, 9.17) is 17.5 Å². The van der Waals surface area contributed by atoms with Crippen molar-refractivity contribution in [2.45, 2.75) is 25.1 Å². The van der Waals surface area contributed by atoms with E-state index >= 15 is 0 Å². The van der Waals surface area contributed by atoms with Crippen LogP contribution in [0.2, 0.25) is 0 Å². The number of alkyl halides is 3. The van der Waals surface area contributed by atoms with Gasteiger partial charge in [-0.15, -0.1) is 0 Å². The molecule has 1 unspecified atom stereocenters. The molecular weight excluding hydrogens is 401 g/mol. The summed E-state index contributed by atoms with van der Waals surface area (Å²) in [4.78, 5) is 12.4. The number of carbonyl (C=O) groups is 1. The highest BCUT2D eigenvalue weighted by Crippen LogP contribution is 2.26. The Bertz CT molecular complexity index is 881. The Balaban J connectivity index is 2.11. The van der Waals surface area contributed by atoms with Crippen LogP contribution in [0, 0.1) is 11.3 Å². The Morgan fingerprint density at radius 1 is 1.10 bits per heavy atom. The van der Waals surface area contributed by atoms with Crippen molar-refractivity contribution < 1.29 is 18.0 Å². The molecule has 0 bridgehead atoms. The lowest BCUT2D eigenvalue weighted by atomic mass is 10.1. The molecule has 0 spiro atoms. The van der Waals surface area contributed by atoms with Gasteiger partial charge in [0.1, 0.15) is 12.6 Å². The number of nitrogens with one attached hydrogen (secondary N) is 3. The number of para-hydroxylation sites is 1. The normalized spacial score (nSPS) is 11.8. The number of carbonyl (C=O) groups excluding carboxylic acids is 1. The molecule has 2 aromatic carbocycles. The molecule has 2 rings (SSSR count). The highest BCUT2D eigenvalue weighted by molar-refractivity contribution is 7.80. The van der Waals surface area contributed by atoms with Crippen LogP contribution in [0.3, 0.4) is 0 Å². The van der Waals surface area contributed by atoms with Crippen LogP contribution in [0.5, 0.6) is 0 Å². The Morgan fingerprint density at radius 3 is 2.41 bits per heavy atom. The molecule has 5 nitrogen and oxygen atoms in total. The SMILES string of the molecule is N#CCNC(=O)C(Cc1ccccc1)NC(=S)Nc1ccccc1CC(F)(F)F. The predicted molar refractivity (Wildman–Crippen MR) is 108 cm³/mol. The van der Waals surface area contributed by atoms with Crippen molar-refractivity contribution >= 4 is 28.9 Å². The second-order valence-electron chi connectivity index (χ2n) is 6.17. The van der Waals surface area contributed by atoms with Crippen LogP contribution in [-0.4, -0.2) is 29.8 Å². The third-order valence-corrected chi connectivity index (χ3v) is 4.12. The molecular formula is C20H19F3N4OS. The lowest BCUT2D eigenvalue weighted by molar-refractivity contribution is -0.127. The fourth-order valence-electron chi connectivity index (χ4n) is 2.64. The smallest absolute Gasteiger partial charge is 0.350 e. The molecule has 0 radical (unpaired) electrons. The van der Waals surface area contributed by atoms with Crippen LogP contribution in [0.25, 0.3) is 0 Å². The summed E-state index contributed by atoms with van der Waals surface area (Å²) in [5, 5.41) is 16.7. The van der Waals surface area contributed by atoms with Gasteiger partial charge in [0.25, 0.3) is 0 Å². The van der Waals surface area contributed by atoms with Gasteiger partial charge in [-0.2, -0.15) is 18.4 Å². The minimum absolute atomic E-state index is 0.00710. The van der Waals surface area contributed by atoms with Gasteiger partial charge in [0, 0.05) is 12.1 Å². The summed E-state index contributed by atoms with van der Waals surface area (Å²) in [6.45, 7) is -0.166. The van der Waals surface area contributed by atoms with Gasteiger partial charge < -0.3 is 16.0 Å². The van der Waals surface area contributed by atoms with Crippen molar-refractivity contribution in [1.82, 2.24) is 10.6 Å². The first-order valence-electron chi connectivity index (χ1n) is 8.69. The zero-order valence-corrected chi connectivity index (χ0v) is 16.1.